The van der Waals surface area contributed by atoms with Gasteiger partial charge in [0, 0.05) is 25.2 Å². The number of carbonyl (C=O) groups excluding carboxylic acids is 2. The van der Waals surface area contributed by atoms with Crippen LogP contribution in [0.5, 0.6) is 5.75 Å². The van der Waals surface area contributed by atoms with Gasteiger partial charge in [-0.2, -0.15) is 0 Å². The molecular formula is C21H23FN2O3. The minimum Gasteiger partial charge on any atom is -0.494 e. The van der Waals surface area contributed by atoms with E-state index in [0.29, 0.717) is 17.7 Å². The van der Waals surface area contributed by atoms with Crippen LogP contribution in [0.4, 0.5) is 4.39 Å². The Bertz CT molecular complexity index is 815. The molecule has 2 amide bonds. The fourth-order valence-electron chi connectivity index (χ4n) is 3.14. The van der Waals surface area contributed by atoms with E-state index in [1.54, 1.807) is 18.2 Å². The molecule has 0 spiro atoms. The normalized spacial score (nSPS) is 13.5. The second kappa shape index (κ2) is 8.66. The SMILES string of the molecule is COc1ccc(CC(=O)NCc2ccc(C(=O)N3CCCC3)cc2)cc1F. The molecule has 1 fully saturated rings. The van der Waals surface area contributed by atoms with Gasteiger partial charge in [-0.15, -0.1) is 0 Å². The van der Waals surface area contributed by atoms with Gasteiger partial charge in [-0.05, 0) is 48.2 Å². The van der Waals surface area contributed by atoms with Crippen molar-refractivity contribution in [3.8, 4) is 5.75 Å². The zero-order valence-electron chi connectivity index (χ0n) is 15.3. The highest BCUT2D eigenvalue weighted by Gasteiger charge is 2.19. The summed E-state index contributed by atoms with van der Waals surface area (Å²) in [5.74, 6) is -0.467. The van der Waals surface area contributed by atoms with Crippen molar-refractivity contribution in [2.24, 2.45) is 0 Å². The Balaban J connectivity index is 1.51. The number of benzene rings is 2. The molecule has 2 aromatic carbocycles. The summed E-state index contributed by atoms with van der Waals surface area (Å²) in [7, 11) is 1.40. The van der Waals surface area contributed by atoms with Crippen LogP contribution in [0.25, 0.3) is 0 Å². The van der Waals surface area contributed by atoms with Crippen LogP contribution < -0.4 is 10.1 Å². The molecule has 1 aliphatic rings. The third-order valence-electron chi connectivity index (χ3n) is 4.66. The second-order valence-corrected chi connectivity index (χ2v) is 6.62. The Kier molecular flexibility index (Phi) is 6.06. The van der Waals surface area contributed by atoms with Crippen LogP contribution in [-0.2, 0) is 17.8 Å². The molecule has 27 heavy (non-hydrogen) atoms. The van der Waals surface area contributed by atoms with Crippen LogP contribution in [0.15, 0.2) is 42.5 Å². The lowest BCUT2D eigenvalue weighted by Crippen LogP contribution is -2.27. The van der Waals surface area contributed by atoms with E-state index in [0.717, 1.165) is 31.5 Å². The molecule has 1 N–H and O–H groups in total. The van der Waals surface area contributed by atoms with E-state index in [2.05, 4.69) is 5.32 Å². The van der Waals surface area contributed by atoms with Crippen molar-refractivity contribution in [3.05, 3.63) is 65.0 Å². The molecule has 1 saturated heterocycles. The minimum absolute atomic E-state index is 0.0598. The molecule has 1 aliphatic heterocycles. The number of nitrogens with zero attached hydrogens (tertiary/aromatic N) is 1. The number of halogens is 1. The maximum atomic E-state index is 13.7. The summed E-state index contributed by atoms with van der Waals surface area (Å²) < 4.78 is 18.5. The molecule has 5 nitrogen and oxygen atoms in total. The van der Waals surface area contributed by atoms with Crippen LogP contribution in [0.3, 0.4) is 0 Å². The van der Waals surface area contributed by atoms with Crippen LogP contribution >= 0.6 is 0 Å². The van der Waals surface area contributed by atoms with E-state index < -0.39 is 5.82 Å². The van der Waals surface area contributed by atoms with Gasteiger partial charge in [0.15, 0.2) is 11.6 Å². The van der Waals surface area contributed by atoms with Gasteiger partial charge in [0.05, 0.1) is 13.5 Å². The van der Waals surface area contributed by atoms with Crippen molar-refractivity contribution in [1.82, 2.24) is 10.2 Å². The summed E-state index contributed by atoms with van der Waals surface area (Å²) in [6, 6.07) is 11.8. The van der Waals surface area contributed by atoms with Crippen molar-refractivity contribution in [3.63, 3.8) is 0 Å². The fraction of sp³-hybridized carbons (Fsp3) is 0.333. The van der Waals surface area contributed by atoms with E-state index in [1.807, 2.05) is 17.0 Å². The molecule has 2 aromatic rings. The molecule has 0 aliphatic carbocycles. The summed E-state index contributed by atoms with van der Waals surface area (Å²) in [4.78, 5) is 26.3. The Morgan fingerprint density at radius 3 is 2.37 bits per heavy atom. The largest absolute Gasteiger partial charge is 0.494 e. The molecule has 0 unspecified atom stereocenters. The summed E-state index contributed by atoms with van der Waals surface area (Å²) in [5, 5.41) is 2.81. The zero-order valence-corrected chi connectivity index (χ0v) is 15.3. The molecule has 0 atom stereocenters. The predicted molar refractivity (Wildman–Crippen MR) is 100 cm³/mol. The smallest absolute Gasteiger partial charge is 0.253 e. The Labute approximate surface area is 158 Å². The number of rotatable bonds is 6. The second-order valence-electron chi connectivity index (χ2n) is 6.62. The Hall–Kier alpha value is -2.89. The van der Waals surface area contributed by atoms with E-state index in [4.69, 9.17) is 4.74 Å². The molecule has 1 heterocycles. The number of hydrogen-bond acceptors (Lipinski definition) is 3. The zero-order chi connectivity index (χ0) is 19.2. The lowest BCUT2D eigenvalue weighted by molar-refractivity contribution is -0.120. The van der Waals surface area contributed by atoms with Crippen LogP contribution in [-0.4, -0.2) is 36.9 Å². The fourth-order valence-corrected chi connectivity index (χ4v) is 3.14. The highest BCUT2D eigenvalue weighted by molar-refractivity contribution is 5.94. The van der Waals surface area contributed by atoms with Crippen LogP contribution in [0, 0.1) is 5.82 Å². The lowest BCUT2D eigenvalue weighted by Gasteiger charge is -2.15. The van der Waals surface area contributed by atoms with Crippen LogP contribution in [0.2, 0.25) is 0 Å². The van der Waals surface area contributed by atoms with Gasteiger partial charge in [-0.25, -0.2) is 4.39 Å². The Morgan fingerprint density at radius 1 is 1.07 bits per heavy atom. The topological polar surface area (TPSA) is 58.6 Å². The third kappa shape index (κ3) is 4.84. The van der Waals surface area contributed by atoms with E-state index >= 15 is 0 Å². The first-order chi connectivity index (χ1) is 13.1. The number of hydrogen-bond donors (Lipinski definition) is 1. The number of methoxy groups -OCH3 is 1. The third-order valence-corrected chi connectivity index (χ3v) is 4.66. The molecular weight excluding hydrogens is 347 g/mol. The van der Waals surface area contributed by atoms with Gasteiger partial charge in [0.25, 0.3) is 5.91 Å². The lowest BCUT2D eigenvalue weighted by atomic mass is 10.1. The highest BCUT2D eigenvalue weighted by atomic mass is 19.1. The molecule has 0 radical (unpaired) electrons. The van der Waals surface area contributed by atoms with Gasteiger partial charge >= 0.3 is 0 Å². The summed E-state index contributed by atoms with van der Waals surface area (Å²) in [5.41, 5.74) is 2.15. The quantitative estimate of drug-likeness (QED) is 0.851. The summed E-state index contributed by atoms with van der Waals surface area (Å²) in [6.07, 6.45) is 2.22. The molecule has 0 saturated carbocycles. The number of nitrogens with one attached hydrogen (secondary N) is 1. The number of amides is 2. The van der Waals surface area contributed by atoms with Crippen molar-refractivity contribution >= 4 is 11.8 Å². The maximum absolute atomic E-state index is 13.7. The van der Waals surface area contributed by atoms with Crippen LogP contribution in [0.1, 0.15) is 34.3 Å². The predicted octanol–water partition coefficient (Wildman–Crippen LogP) is 2.93. The van der Waals surface area contributed by atoms with Crippen molar-refractivity contribution in [1.29, 1.82) is 0 Å². The number of carbonyl (C=O) groups is 2. The molecule has 0 bridgehead atoms. The van der Waals surface area contributed by atoms with E-state index in [9.17, 15) is 14.0 Å². The molecule has 0 aromatic heterocycles. The van der Waals surface area contributed by atoms with Gasteiger partial charge in [0.1, 0.15) is 0 Å². The van der Waals surface area contributed by atoms with Gasteiger partial charge in [0.2, 0.25) is 5.91 Å². The molecule has 6 heteroatoms. The van der Waals surface area contributed by atoms with Gasteiger partial charge in [-0.1, -0.05) is 18.2 Å². The number of likely N-dealkylation sites (tertiary alicyclic amines) is 1. The standard InChI is InChI=1S/C21H23FN2O3/c1-27-19-9-6-16(12-18(19)22)13-20(25)23-14-15-4-7-17(8-5-15)21(26)24-10-2-3-11-24/h4-9,12H,2-3,10-11,13-14H2,1H3,(H,23,25). The van der Waals surface area contributed by atoms with Crippen molar-refractivity contribution < 1.29 is 18.7 Å². The first kappa shape index (κ1) is 18.9. The summed E-state index contributed by atoms with van der Waals surface area (Å²) in [6.45, 7) is 2.00. The van der Waals surface area contributed by atoms with E-state index in [-0.39, 0.29) is 24.0 Å². The average molecular weight is 370 g/mol. The van der Waals surface area contributed by atoms with Gasteiger partial charge in [-0.3, -0.25) is 9.59 Å². The first-order valence-electron chi connectivity index (χ1n) is 9.04. The highest BCUT2D eigenvalue weighted by Crippen LogP contribution is 2.18. The first-order valence-corrected chi connectivity index (χ1v) is 9.04. The van der Waals surface area contributed by atoms with Crippen molar-refractivity contribution in [2.45, 2.75) is 25.8 Å². The average Bonchev–Trinajstić information content (AvgIpc) is 3.21. The number of ether oxygens (including phenoxy) is 1. The molecule has 3 rings (SSSR count). The monoisotopic (exact) mass is 370 g/mol. The maximum Gasteiger partial charge on any atom is 0.253 e. The molecule has 142 valence electrons. The van der Waals surface area contributed by atoms with E-state index in [1.165, 1.54) is 19.2 Å². The van der Waals surface area contributed by atoms with Crippen molar-refractivity contribution in [2.75, 3.05) is 20.2 Å². The Morgan fingerprint density at radius 2 is 1.74 bits per heavy atom. The van der Waals surface area contributed by atoms with Gasteiger partial charge < -0.3 is 15.0 Å². The summed E-state index contributed by atoms with van der Waals surface area (Å²) >= 11 is 0. The minimum atomic E-state index is -0.485.